The van der Waals surface area contributed by atoms with Crippen LogP contribution in [0.3, 0.4) is 0 Å². The Morgan fingerprint density at radius 3 is 3.16 bits per heavy atom. The van der Waals surface area contributed by atoms with Crippen LogP contribution in [0.15, 0.2) is 18.2 Å². The summed E-state index contributed by atoms with van der Waals surface area (Å²) in [5.41, 5.74) is 5.87. The molecule has 0 aliphatic carbocycles. The first-order valence-corrected chi connectivity index (χ1v) is 6.19. The molecule has 1 aliphatic heterocycles. The van der Waals surface area contributed by atoms with E-state index in [1.165, 1.54) is 18.2 Å². The summed E-state index contributed by atoms with van der Waals surface area (Å²) in [6, 6.07) is 3.94. The van der Waals surface area contributed by atoms with E-state index in [1.807, 2.05) is 7.05 Å². The molecule has 6 heteroatoms. The highest BCUT2D eigenvalue weighted by Crippen LogP contribution is 2.12. The van der Waals surface area contributed by atoms with Gasteiger partial charge in [-0.05, 0) is 25.2 Å². The van der Waals surface area contributed by atoms with E-state index in [0.29, 0.717) is 18.8 Å². The number of amides is 1. The minimum absolute atomic E-state index is 0.0378. The van der Waals surface area contributed by atoms with Crippen LogP contribution in [0.2, 0.25) is 0 Å². The van der Waals surface area contributed by atoms with Crippen LogP contribution in [0.25, 0.3) is 0 Å². The largest absolute Gasteiger partial charge is 0.399 e. The second kappa shape index (κ2) is 5.99. The SMILES string of the molecule is CN1CCOC(CNC(=O)c2cc(N)ccc2F)C1. The first kappa shape index (κ1) is 13.8. The zero-order chi connectivity index (χ0) is 13.8. The van der Waals surface area contributed by atoms with Gasteiger partial charge >= 0.3 is 0 Å². The number of ether oxygens (including phenoxy) is 1. The van der Waals surface area contributed by atoms with Gasteiger partial charge in [0, 0.05) is 25.3 Å². The molecule has 1 aliphatic rings. The van der Waals surface area contributed by atoms with Gasteiger partial charge in [-0.3, -0.25) is 4.79 Å². The van der Waals surface area contributed by atoms with Crippen molar-refractivity contribution in [3.63, 3.8) is 0 Å². The fourth-order valence-corrected chi connectivity index (χ4v) is 2.01. The van der Waals surface area contributed by atoms with Crippen molar-refractivity contribution in [3.8, 4) is 0 Å². The highest BCUT2D eigenvalue weighted by Gasteiger charge is 2.19. The third kappa shape index (κ3) is 3.65. The van der Waals surface area contributed by atoms with E-state index in [2.05, 4.69) is 10.2 Å². The van der Waals surface area contributed by atoms with E-state index >= 15 is 0 Å². The number of carbonyl (C=O) groups is 1. The van der Waals surface area contributed by atoms with Crippen LogP contribution in [0.1, 0.15) is 10.4 Å². The number of carbonyl (C=O) groups excluding carboxylic acids is 1. The van der Waals surface area contributed by atoms with Crippen LogP contribution >= 0.6 is 0 Å². The molecule has 1 heterocycles. The highest BCUT2D eigenvalue weighted by atomic mass is 19.1. The lowest BCUT2D eigenvalue weighted by Crippen LogP contribution is -2.46. The third-order valence-electron chi connectivity index (χ3n) is 3.07. The van der Waals surface area contributed by atoms with Gasteiger partial charge in [-0.2, -0.15) is 0 Å². The molecule has 1 fully saturated rings. The van der Waals surface area contributed by atoms with E-state index < -0.39 is 11.7 Å². The molecule has 0 radical (unpaired) electrons. The van der Waals surface area contributed by atoms with Gasteiger partial charge in [0.15, 0.2) is 0 Å². The minimum Gasteiger partial charge on any atom is -0.399 e. The minimum atomic E-state index is -0.576. The van der Waals surface area contributed by atoms with E-state index in [9.17, 15) is 9.18 Å². The van der Waals surface area contributed by atoms with Crippen molar-refractivity contribution < 1.29 is 13.9 Å². The molecule has 104 valence electrons. The number of hydrogen-bond donors (Lipinski definition) is 2. The standard InChI is InChI=1S/C13H18FN3O2/c1-17-4-5-19-10(8-17)7-16-13(18)11-6-9(15)2-3-12(11)14/h2-3,6,10H,4-5,7-8,15H2,1H3,(H,16,18). The topological polar surface area (TPSA) is 67.6 Å². The van der Waals surface area contributed by atoms with Gasteiger partial charge in [-0.15, -0.1) is 0 Å². The fraction of sp³-hybridized carbons (Fsp3) is 0.462. The van der Waals surface area contributed by atoms with Crippen LogP contribution in [-0.2, 0) is 4.74 Å². The summed E-state index contributed by atoms with van der Waals surface area (Å²) < 4.78 is 19.0. The molecule has 0 saturated carbocycles. The molecule has 0 bridgehead atoms. The zero-order valence-corrected chi connectivity index (χ0v) is 10.9. The van der Waals surface area contributed by atoms with Gasteiger partial charge < -0.3 is 20.7 Å². The van der Waals surface area contributed by atoms with Gasteiger partial charge in [-0.1, -0.05) is 0 Å². The molecular formula is C13H18FN3O2. The summed E-state index contributed by atoms with van der Waals surface area (Å²) in [6.45, 7) is 2.63. The molecule has 3 N–H and O–H groups in total. The molecule has 5 nitrogen and oxygen atoms in total. The molecule has 1 unspecified atom stereocenters. The van der Waals surface area contributed by atoms with Crippen molar-refractivity contribution >= 4 is 11.6 Å². The molecule has 1 aromatic carbocycles. The molecule has 2 rings (SSSR count). The summed E-state index contributed by atoms with van der Waals surface area (Å²) >= 11 is 0. The molecule has 1 amide bonds. The van der Waals surface area contributed by atoms with E-state index in [4.69, 9.17) is 10.5 Å². The van der Waals surface area contributed by atoms with E-state index in [1.54, 1.807) is 0 Å². The Labute approximate surface area is 111 Å². The van der Waals surface area contributed by atoms with Crippen molar-refractivity contribution in [2.45, 2.75) is 6.10 Å². The number of benzene rings is 1. The molecule has 1 aromatic rings. The summed E-state index contributed by atoms with van der Waals surface area (Å²) in [5, 5.41) is 2.67. The lowest BCUT2D eigenvalue weighted by molar-refractivity contribution is -0.0175. The number of anilines is 1. The number of nitrogens with zero attached hydrogens (tertiary/aromatic N) is 1. The molecule has 1 atom stereocenters. The summed E-state index contributed by atoms with van der Waals surface area (Å²) in [4.78, 5) is 14.0. The van der Waals surface area contributed by atoms with Gasteiger partial charge in [0.25, 0.3) is 5.91 Å². The number of nitrogens with two attached hydrogens (primary N) is 1. The predicted octanol–water partition coefficient (Wildman–Crippen LogP) is 0.468. The maximum Gasteiger partial charge on any atom is 0.254 e. The second-order valence-corrected chi connectivity index (χ2v) is 4.70. The van der Waals surface area contributed by atoms with Crippen molar-refractivity contribution in [2.75, 3.05) is 39.0 Å². The zero-order valence-electron chi connectivity index (χ0n) is 10.9. The lowest BCUT2D eigenvalue weighted by Gasteiger charge is -2.30. The maximum atomic E-state index is 13.5. The normalized spacial score (nSPS) is 20.2. The second-order valence-electron chi connectivity index (χ2n) is 4.70. The highest BCUT2D eigenvalue weighted by molar-refractivity contribution is 5.95. The lowest BCUT2D eigenvalue weighted by atomic mass is 10.1. The summed E-state index contributed by atoms with van der Waals surface area (Å²) in [6.07, 6.45) is -0.0631. The Hall–Kier alpha value is -1.66. The first-order valence-electron chi connectivity index (χ1n) is 6.19. The van der Waals surface area contributed by atoms with Crippen molar-refractivity contribution in [1.29, 1.82) is 0 Å². The van der Waals surface area contributed by atoms with E-state index in [-0.39, 0.29) is 11.7 Å². The smallest absolute Gasteiger partial charge is 0.254 e. The van der Waals surface area contributed by atoms with Crippen LogP contribution in [0, 0.1) is 5.82 Å². The number of nitrogen functional groups attached to an aromatic ring is 1. The molecule has 0 aromatic heterocycles. The summed E-state index contributed by atoms with van der Waals surface area (Å²) in [7, 11) is 1.99. The van der Waals surface area contributed by atoms with Crippen LogP contribution in [-0.4, -0.2) is 50.2 Å². The van der Waals surface area contributed by atoms with E-state index in [0.717, 1.165) is 13.1 Å². The number of morpholine rings is 1. The van der Waals surface area contributed by atoms with Crippen molar-refractivity contribution in [1.82, 2.24) is 10.2 Å². The van der Waals surface area contributed by atoms with Gasteiger partial charge in [0.05, 0.1) is 18.3 Å². The Bertz CT molecular complexity index is 467. The number of hydrogen-bond acceptors (Lipinski definition) is 4. The Morgan fingerprint density at radius 2 is 2.42 bits per heavy atom. The Kier molecular flexibility index (Phi) is 4.34. The average Bonchev–Trinajstić information content (AvgIpc) is 2.39. The Morgan fingerprint density at radius 1 is 1.63 bits per heavy atom. The fourth-order valence-electron chi connectivity index (χ4n) is 2.01. The number of rotatable bonds is 3. The van der Waals surface area contributed by atoms with Crippen LogP contribution in [0.5, 0.6) is 0 Å². The van der Waals surface area contributed by atoms with Gasteiger partial charge in [0.2, 0.25) is 0 Å². The van der Waals surface area contributed by atoms with Crippen LogP contribution in [0.4, 0.5) is 10.1 Å². The molecule has 19 heavy (non-hydrogen) atoms. The van der Waals surface area contributed by atoms with Crippen molar-refractivity contribution in [2.24, 2.45) is 0 Å². The Balaban J connectivity index is 1.92. The maximum absolute atomic E-state index is 13.5. The number of halogens is 1. The summed E-state index contributed by atoms with van der Waals surface area (Å²) in [5.74, 6) is -1.05. The number of nitrogens with one attached hydrogen (secondary N) is 1. The molecular weight excluding hydrogens is 249 g/mol. The quantitative estimate of drug-likeness (QED) is 0.781. The predicted molar refractivity (Wildman–Crippen MR) is 70.4 cm³/mol. The molecule has 0 spiro atoms. The monoisotopic (exact) mass is 267 g/mol. The first-order chi connectivity index (χ1) is 9.06. The number of likely N-dealkylation sites (N-methyl/N-ethyl adjacent to an activating group) is 1. The van der Waals surface area contributed by atoms with Crippen LogP contribution < -0.4 is 11.1 Å². The van der Waals surface area contributed by atoms with Crippen molar-refractivity contribution in [3.05, 3.63) is 29.6 Å². The molecule has 1 saturated heterocycles. The average molecular weight is 267 g/mol. The van der Waals surface area contributed by atoms with Gasteiger partial charge in [0.1, 0.15) is 5.82 Å². The third-order valence-corrected chi connectivity index (χ3v) is 3.07. The van der Waals surface area contributed by atoms with Gasteiger partial charge in [-0.25, -0.2) is 4.39 Å².